The minimum Gasteiger partial charge on any atom is -0.388 e. The van der Waals surface area contributed by atoms with Gasteiger partial charge in [-0.25, -0.2) is 4.68 Å². The molecule has 118 valence electrons. The van der Waals surface area contributed by atoms with Crippen LogP contribution in [0.3, 0.4) is 0 Å². The van der Waals surface area contributed by atoms with E-state index in [0.717, 1.165) is 0 Å². The van der Waals surface area contributed by atoms with E-state index in [0.29, 0.717) is 19.4 Å². The van der Waals surface area contributed by atoms with Crippen molar-refractivity contribution >= 4 is 5.91 Å². The maximum atomic E-state index is 12.0. The van der Waals surface area contributed by atoms with Crippen LogP contribution >= 0.6 is 0 Å². The van der Waals surface area contributed by atoms with E-state index in [-0.39, 0.29) is 24.3 Å². The summed E-state index contributed by atoms with van der Waals surface area (Å²) in [6, 6.07) is 2.67. The van der Waals surface area contributed by atoms with Gasteiger partial charge in [-0.3, -0.25) is 9.59 Å². The van der Waals surface area contributed by atoms with Gasteiger partial charge in [-0.1, -0.05) is 13.8 Å². The Morgan fingerprint density at radius 2 is 2.10 bits per heavy atom. The molecule has 0 aliphatic rings. The first-order chi connectivity index (χ1) is 9.95. The summed E-state index contributed by atoms with van der Waals surface area (Å²) in [5, 5.41) is 16.8. The smallest absolute Gasteiger partial charge is 0.271 e. The first-order valence-corrected chi connectivity index (χ1v) is 7.03. The average Bonchev–Trinajstić information content (AvgIpc) is 2.51. The summed E-state index contributed by atoms with van der Waals surface area (Å²) in [7, 11) is 1.53. The average molecular weight is 297 g/mol. The summed E-state index contributed by atoms with van der Waals surface area (Å²) in [6.45, 7) is 4.49. The molecule has 0 fully saturated rings. The number of aromatic nitrogens is 2. The quantitative estimate of drug-likeness (QED) is 0.713. The molecule has 1 heterocycles. The third kappa shape index (κ3) is 4.95. The van der Waals surface area contributed by atoms with E-state index in [9.17, 15) is 14.7 Å². The lowest BCUT2D eigenvalue weighted by molar-refractivity contribution is 0.0313. The molecule has 0 aromatic carbocycles. The van der Waals surface area contributed by atoms with E-state index < -0.39 is 11.5 Å². The second-order valence-electron chi connectivity index (χ2n) is 4.89. The molecule has 0 radical (unpaired) electrons. The van der Waals surface area contributed by atoms with Gasteiger partial charge in [-0.15, -0.1) is 0 Å². The van der Waals surface area contributed by atoms with Crippen LogP contribution < -0.4 is 10.9 Å². The van der Waals surface area contributed by atoms with E-state index in [1.807, 2.05) is 13.8 Å². The molecule has 0 spiro atoms. The molecule has 1 amide bonds. The van der Waals surface area contributed by atoms with Crippen molar-refractivity contribution in [1.82, 2.24) is 15.1 Å². The number of carbonyl (C=O) groups excluding carboxylic acids is 1. The van der Waals surface area contributed by atoms with E-state index >= 15 is 0 Å². The Bertz CT molecular complexity index is 523. The fraction of sp³-hybridized carbons (Fsp3) is 0.643. The molecule has 0 unspecified atom stereocenters. The molecule has 2 N–H and O–H groups in total. The van der Waals surface area contributed by atoms with Crippen LogP contribution in [0.25, 0.3) is 0 Å². The van der Waals surface area contributed by atoms with Crippen LogP contribution in [-0.2, 0) is 11.3 Å². The monoisotopic (exact) mass is 297 g/mol. The Hall–Kier alpha value is -1.73. The van der Waals surface area contributed by atoms with Crippen molar-refractivity contribution in [2.24, 2.45) is 0 Å². The lowest BCUT2D eigenvalue weighted by Gasteiger charge is -2.25. The summed E-state index contributed by atoms with van der Waals surface area (Å²) < 4.78 is 6.07. The van der Waals surface area contributed by atoms with Crippen molar-refractivity contribution in [2.75, 3.05) is 20.3 Å². The number of hydrogen-bond acceptors (Lipinski definition) is 5. The van der Waals surface area contributed by atoms with Crippen molar-refractivity contribution in [3.63, 3.8) is 0 Å². The molecule has 0 saturated heterocycles. The molecule has 0 aliphatic carbocycles. The van der Waals surface area contributed by atoms with Gasteiger partial charge in [0.25, 0.3) is 11.5 Å². The Labute approximate surface area is 123 Å². The van der Waals surface area contributed by atoms with Gasteiger partial charge in [0.15, 0.2) is 0 Å². The third-order valence-electron chi connectivity index (χ3n) is 3.50. The molecule has 1 aromatic rings. The van der Waals surface area contributed by atoms with Crippen LogP contribution in [0.15, 0.2) is 16.9 Å². The molecule has 0 saturated carbocycles. The zero-order valence-corrected chi connectivity index (χ0v) is 12.8. The van der Waals surface area contributed by atoms with E-state index in [4.69, 9.17) is 4.74 Å². The zero-order valence-electron chi connectivity index (χ0n) is 12.8. The Kier molecular flexibility index (Phi) is 6.51. The minimum absolute atomic E-state index is 0.139. The van der Waals surface area contributed by atoms with Crippen LogP contribution in [0.1, 0.15) is 37.2 Å². The fourth-order valence-electron chi connectivity index (χ4n) is 1.74. The zero-order chi connectivity index (χ0) is 15.9. The second-order valence-corrected chi connectivity index (χ2v) is 4.89. The highest BCUT2D eigenvalue weighted by Crippen LogP contribution is 2.12. The lowest BCUT2D eigenvalue weighted by Crippen LogP contribution is -2.42. The molecular weight excluding hydrogens is 274 g/mol. The van der Waals surface area contributed by atoms with E-state index in [1.165, 1.54) is 23.9 Å². The standard InChI is InChI=1S/C14H23N3O4/c1-4-14(20,5-2)10-15-13(19)11-6-7-12(18)17(16-11)8-9-21-3/h6-7,20H,4-5,8-10H2,1-3H3,(H,15,19). The molecule has 1 rings (SSSR count). The van der Waals surface area contributed by atoms with Gasteiger partial charge in [0.2, 0.25) is 0 Å². The summed E-state index contributed by atoms with van der Waals surface area (Å²) in [4.78, 5) is 23.6. The maximum Gasteiger partial charge on any atom is 0.271 e. The van der Waals surface area contributed by atoms with Gasteiger partial charge >= 0.3 is 0 Å². The van der Waals surface area contributed by atoms with Gasteiger partial charge < -0.3 is 15.2 Å². The number of hydrogen-bond donors (Lipinski definition) is 2. The highest BCUT2D eigenvalue weighted by atomic mass is 16.5. The van der Waals surface area contributed by atoms with Gasteiger partial charge in [-0.05, 0) is 18.9 Å². The first-order valence-electron chi connectivity index (χ1n) is 7.03. The number of carbonyl (C=O) groups is 1. The lowest BCUT2D eigenvalue weighted by atomic mass is 9.97. The molecule has 0 aliphatic heterocycles. The third-order valence-corrected chi connectivity index (χ3v) is 3.50. The van der Waals surface area contributed by atoms with Crippen LogP contribution in [0.2, 0.25) is 0 Å². The summed E-state index contributed by atoms with van der Waals surface area (Å²) in [6.07, 6.45) is 1.09. The normalized spacial score (nSPS) is 11.4. The fourth-order valence-corrected chi connectivity index (χ4v) is 1.74. The molecular formula is C14H23N3O4. The molecule has 1 aromatic heterocycles. The van der Waals surface area contributed by atoms with Crippen LogP contribution in [0.4, 0.5) is 0 Å². The predicted octanol–water partition coefficient (Wildman–Crippen LogP) is 0.171. The molecule has 21 heavy (non-hydrogen) atoms. The Morgan fingerprint density at radius 3 is 2.67 bits per heavy atom. The predicted molar refractivity (Wildman–Crippen MR) is 78.2 cm³/mol. The maximum absolute atomic E-state index is 12.0. The van der Waals surface area contributed by atoms with Gasteiger partial charge in [0, 0.05) is 19.7 Å². The number of rotatable bonds is 8. The first kappa shape index (κ1) is 17.3. The largest absolute Gasteiger partial charge is 0.388 e. The molecule has 0 bridgehead atoms. The molecule has 0 atom stereocenters. The number of ether oxygens (including phenoxy) is 1. The van der Waals surface area contributed by atoms with Gasteiger partial charge in [-0.2, -0.15) is 5.10 Å². The number of nitrogens with one attached hydrogen (secondary N) is 1. The summed E-state index contributed by atoms with van der Waals surface area (Å²) >= 11 is 0. The van der Waals surface area contributed by atoms with E-state index in [1.54, 1.807) is 0 Å². The number of aliphatic hydroxyl groups is 1. The molecule has 7 nitrogen and oxygen atoms in total. The number of methoxy groups -OCH3 is 1. The summed E-state index contributed by atoms with van der Waals surface area (Å²) in [5.74, 6) is -0.415. The van der Waals surface area contributed by atoms with E-state index in [2.05, 4.69) is 10.4 Å². The second kappa shape index (κ2) is 7.90. The van der Waals surface area contributed by atoms with Crippen LogP contribution in [0, 0.1) is 0 Å². The van der Waals surface area contributed by atoms with Crippen molar-refractivity contribution in [3.05, 3.63) is 28.2 Å². The van der Waals surface area contributed by atoms with Gasteiger partial charge in [0.1, 0.15) is 5.69 Å². The van der Waals surface area contributed by atoms with Crippen molar-refractivity contribution in [1.29, 1.82) is 0 Å². The van der Waals surface area contributed by atoms with Gasteiger partial charge in [0.05, 0.1) is 18.8 Å². The minimum atomic E-state index is -0.917. The highest BCUT2D eigenvalue weighted by molar-refractivity contribution is 5.92. The van der Waals surface area contributed by atoms with Crippen molar-refractivity contribution < 1.29 is 14.6 Å². The SMILES string of the molecule is CCC(O)(CC)CNC(=O)c1ccc(=O)n(CCOC)n1. The Morgan fingerprint density at radius 1 is 1.43 bits per heavy atom. The number of nitrogens with zero attached hydrogens (tertiary/aromatic N) is 2. The highest BCUT2D eigenvalue weighted by Gasteiger charge is 2.23. The summed E-state index contributed by atoms with van der Waals surface area (Å²) in [5.41, 5.74) is -1.07. The van der Waals surface area contributed by atoms with Crippen LogP contribution in [0.5, 0.6) is 0 Å². The van der Waals surface area contributed by atoms with Crippen LogP contribution in [-0.4, -0.2) is 46.7 Å². The Balaban J connectivity index is 2.76. The van der Waals surface area contributed by atoms with Crippen molar-refractivity contribution in [3.8, 4) is 0 Å². The number of amides is 1. The van der Waals surface area contributed by atoms with Crippen molar-refractivity contribution in [2.45, 2.75) is 38.8 Å². The topological polar surface area (TPSA) is 93.5 Å². The molecule has 7 heteroatoms.